The van der Waals surface area contributed by atoms with Crippen LogP contribution in [0.2, 0.25) is 0 Å². The van der Waals surface area contributed by atoms with Crippen molar-refractivity contribution < 1.29 is 4.79 Å². The smallest absolute Gasteiger partial charge is 0.228 e. The van der Waals surface area contributed by atoms with Gasteiger partial charge in [-0.15, -0.1) is 0 Å². The third kappa shape index (κ3) is 1.61. The van der Waals surface area contributed by atoms with Crippen molar-refractivity contribution in [2.75, 3.05) is 5.32 Å². The van der Waals surface area contributed by atoms with Crippen LogP contribution in [0.1, 0.15) is 5.56 Å². The first-order valence-electron chi connectivity index (χ1n) is 3.24. The Kier molecular flexibility index (Phi) is 3.40. The van der Waals surface area contributed by atoms with E-state index in [2.05, 4.69) is 5.32 Å². The van der Waals surface area contributed by atoms with E-state index in [9.17, 15) is 4.79 Å². The molecule has 0 aliphatic carbocycles. The van der Waals surface area contributed by atoms with Gasteiger partial charge in [-0.1, -0.05) is 18.2 Å². The molecule has 4 heteroatoms. The minimum atomic E-state index is 0. The van der Waals surface area contributed by atoms with Crippen LogP contribution >= 0.6 is 0 Å². The third-order valence-corrected chi connectivity index (χ3v) is 1.64. The molecule has 0 radical (unpaired) electrons. The zero-order valence-electron chi connectivity index (χ0n) is 6.84. The van der Waals surface area contributed by atoms with Crippen molar-refractivity contribution in [2.24, 2.45) is 0 Å². The first kappa shape index (κ1) is 10.6. The molecule has 1 aromatic carbocycles. The van der Waals surface area contributed by atoms with Gasteiger partial charge in [-0.2, -0.15) is 0 Å². The summed E-state index contributed by atoms with van der Waals surface area (Å²) in [7, 11) is 0. The van der Waals surface area contributed by atoms with E-state index in [1.807, 2.05) is 24.3 Å². The van der Waals surface area contributed by atoms with Gasteiger partial charge in [0, 0.05) is 5.69 Å². The van der Waals surface area contributed by atoms with E-state index in [0.29, 0.717) is 6.42 Å². The van der Waals surface area contributed by atoms with Gasteiger partial charge in [0.15, 0.2) is 0 Å². The van der Waals surface area contributed by atoms with Gasteiger partial charge in [0.05, 0.1) is 6.42 Å². The molecule has 0 aromatic heterocycles. The van der Waals surface area contributed by atoms with Crippen LogP contribution < -0.4 is 17.6 Å². The highest BCUT2D eigenvalue weighted by atomic mass is 16.1. The van der Waals surface area contributed by atoms with Gasteiger partial charge in [0.25, 0.3) is 0 Å². The number of nitrogens with one attached hydrogen (secondary N) is 1. The predicted octanol–water partition coefficient (Wildman–Crippen LogP) is 1.51. The van der Waals surface area contributed by atoms with E-state index < -0.39 is 0 Å². The lowest BCUT2D eigenvalue weighted by Gasteiger charge is -1.93. The SMILES string of the molecule is N.N.O=C1Cc2ccccc2N1. The number of hydrogen-bond donors (Lipinski definition) is 3. The van der Waals surface area contributed by atoms with Crippen molar-refractivity contribution in [2.45, 2.75) is 6.42 Å². The maximum Gasteiger partial charge on any atom is 0.228 e. The molecular weight excluding hydrogens is 154 g/mol. The van der Waals surface area contributed by atoms with Crippen LogP contribution in [0.15, 0.2) is 24.3 Å². The number of para-hydroxylation sites is 1. The normalized spacial score (nSPS) is 12.2. The lowest BCUT2D eigenvalue weighted by molar-refractivity contribution is -0.115. The van der Waals surface area contributed by atoms with E-state index in [1.165, 1.54) is 0 Å². The maximum absolute atomic E-state index is 10.8. The van der Waals surface area contributed by atoms with E-state index >= 15 is 0 Å². The van der Waals surface area contributed by atoms with Crippen molar-refractivity contribution in [3.05, 3.63) is 29.8 Å². The Morgan fingerprint density at radius 1 is 1.17 bits per heavy atom. The third-order valence-electron chi connectivity index (χ3n) is 1.64. The minimum absolute atomic E-state index is 0. The highest BCUT2D eigenvalue weighted by molar-refractivity contribution is 5.98. The van der Waals surface area contributed by atoms with Crippen molar-refractivity contribution in [1.29, 1.82) is 0 Å². The number of carbonyl (C=O) groups is 1. The van der Waals surface area contributed by atoms with Crippen molar-refractivity contribution in [3.63, 3.8) is 0 Å². The lowest BCUT2D eigenvalue weighted by Crippen LogP contribution is -2.03. The predicted molar refractivity (Wildman–Crippen MR) is 48.8 cm³/mol. The second-order valence-electron chi connectivity index (χ2n) is 2.38. The number of hydrogen-bond acceptors (Lipinski definition) is 3. The van der Waals surface area contributed by atoms with Crippen LogP contribution in [0.25, 0.3) is 0 Å². The van der Waals surface area contributed by atoms with Gasteiger partial charge in [0.2, 0.25) is 5.91 Å². The van der Waals surface area contributed by atoms with Gasteiger partial charge in [0.1, 0.15) is 0 Å². The summed E-state index contributed by atoms with van der Waals surface area (Å²) in [5.74, 6) is 0.0983. The molecule has 0 fully saturated rings. The van der Waals surface area contributed by atoms with Gasteiger partial charge in [-0.05, 0) is 11.6 Å². The minimum Gasteiger partial charge on any atom is -0.344 e. The zero-order chi connectivity index (χ0) is 6.97. The Balaban J connectivity index is 0.000000605. The van der Waals surface area contributed by atoms with E-state index in [-0.39, 0.29) is 18.2 Å². The average Bonchev–Trinajstić information content (AvgIpc) is 2.27. The summed E-state index contributed by atoms with van der Waals surface area (Å²) < 4.78 is 0. The molecule has 66 valence electrons. The summed E-state index contributed by atoms with van der Waals surface area (Å²) >= 11 is 0. The fourth-order valence-corrected chi connectivity index (χ4v) is 1.16. The lowest BCUT2D eigenvalue weighted by atomic mass is 10.2. The molecular formula is C8H13N3O. The quantitative estimate of drug-likeness (QED) is 0.546. The Bertz CT molecular complexity index is 258. The largest absolute Gasteiger partial charge is 0.344 e. The van der Waals surface area contributed by atoms with E-state index in [4.69, 9.17) is 0 Å². The van der Waals surface area contributed by atoms with Crippen LogP contribution in [-0.2, 0) is 11.2 Å². The highest BCUT2D eigenvalue weighted by Gasteiger charge is 2.15. The molecule has 0 saturated carbocycles. The van der Waals surface area contributed by atoms with Crippen LogP contribution in [0.4, 0.5) is 5.69 Å². The molecule has 1 aliphatic heterocycles. The van der Waals surface area contributed by atoms with Crippen LogP contribution in [-0.4, -0.2) is 5.91 Å². The summed E-state index contributed by atoms with van der Waals surface area (Å²) in [6, 6.07) is 7.75. The first-order chi connectivity index (χ1) is 4.86. The maximum atomic E-state index is 10.8. The number of anilines is 1. The molecule has 0 saturated heterocycles. The van der Waals surface area contributed by atoms with Crippen LogP contribution in [0.3, 0.4) is 0 Å². The standard InChI is InChI=1S/C8H7NO.2H3N/c10-8-5-6-3-1-2-4-7(6)9-8;;/h1-4H,5H2,(H,9,10);2*1H3. The summed E-state index contributed by atoms with van der Waals surface area (Å²) in [6.07, 6.45) is 0.538. The molecule has 12 heavy (non-hydrogen) atoms. The second kappa shape index (κ2) is 3.85. The number of fused-ring (bicyclic) bond motifs is 1. The Hall–Kier alpha value is -1.39. The molecule has 0 spiro atoms. The molecule has 1 aliphatic rings. The summed E-state index contributed by atoms with van der Waals surface area (Å²) in [6.45, 7) is 0. The molecule has 7 N–H and O–H groups in total. The summed E-state index contributed by atoms with van der Waals surface area (Å²) in [5.41, 5.74) is 2.07. The number of amides is 1. The molecule has 0 unspecified atom stereocenters. The molecule has 0 atom stereocenters. The van der Waals surface area contributed by atoms with Crippen molar-refractivity contribution in [1.82, 2.24) is 12.3 Å². The Labute approximate surface area is 71.1 Å². The fourth-order valence-electron chi connectivity index (χ4n) is 1.16. The number of rotatable bonds is 0. The Morgan fingerprint density at radius 2 is 1.83 bits per heavy atom. The molecule has 2 rings (SSSR count). The molecule has 1 amide bonds. The molecule has 4 nitrogen and oxygen atoms in total. The second-order valence-corrected chi connectivity index (χ2v) is 2.38. The van der Waals surface area contributed by atoms with Gasteiger partial charge in [-0.25, -0.2) is 0 Å². The number of carbonyl (C=O) groups excluding carboxylic acids is 1. The molecule has 0 bridgehead atoms. The first-order valence-corrected chi connectivity index (χ1v) is 3.24. The molecule has 1 heterocycles. The van der Waals surface area contributed by atoms with Crippen LogP contribution in [0.5, 0.6) is 0 Å². The Morgan fingerprint density at radius 3 is 2.50 bits per heavy atom. The average molecular weight is 167 g/mol. The van der Waals surface area contributed by atoms with Gasteiger partial charge < -0.3 is 17.6 Å². The van der Waals surface area contributed by atoms with E-state index in [1.54, 1.807) is 0 Å². The van der Waals surface area contributed by atoms with Crippen molar-refractivity contribution in [3.8, 4) is 0 Å². The molecule has 1 aromatic rings. The van der Waals surface area contributed by atoms with Crippen LogP contribution in [0, 0.1) is 0 Å². The zero-order valence-corrected chi connectivity index (χ0v) is 6.84. The number of benzene rings is 1. The fraction of sp³-hybridized carbons (Fsp3) is 0.125. The van der Waals surface area contributed by atoms with E-state index in [0.717, 1.165) is 11.3 Å². The summed E-state index contributed by atoms with van der Waals surface area (Å²) in [4.78, 5) is 10.8. The monoisotopic (exact) mass is 167 g/mol. The topological polar surface area (TPSA) is 99.1 Å². The van der Waals surface area contributed by atoms with Gasteiger partial charge in [-0.3, -0.25) is 4.79 Å². The van der Waals surface area contributed by atoms with Crippen molar-refractivity contribution >= 4 is 11.6 Å². The summed E-state index contributed by atoms with van der Waals surface area (Å²) in [5, 5.41) is 2.76. The highest BCUT2D eigenvalue weighted by Crippen LogP contribution is 2.20. The van der Waals surface area contributed by atoms with Gasteiger partial charge >= 0.3 is 0 Å².